The Hall–Kier alpha value is -3.49. The highest BCUT2D eigenvalue weighted by Gasteiger charge is 2.32. The molecule has 0 radical (unpaired) electrons. The number of nitrogens with one attached hydrogen (secondary N) is 2. The number of alkyl halides is 3. The number of aromatic nitrogens is 1. The largest absolute Gasteiger partial charge is 0.573 e. The molecule has 0 spiro atoms. The number of fused-ring (bicyclic) bond motifs is 1. The second-order valence-corrected chi connectivity index (χ2v) is 9.44. The number of hydrogen-bond donors (Lipinski definition) is 2. The van der Waals surface area contributed by atoms with Crippen molar-refractivity contribution < 1.29 is 22.7 Å². The molecular formula is C27H31F3N4O2. The van der Waals surface area contributed by atoms with Crippen molar-refractivity contribution in [3.63, 3.8) is 0 Å². The minimum Gasteiger partial charge on any atom is -0.405 e. The molecule has 1 amide bonds. The zero-order valence-corrected chi connectivity index (χ0v) is 20.4. The number of pyridine rings is 1. The van der Waals surface area contributed by atoms with Gasteiger partial charge in [0.25, 0.3) is 0 Å². The van der Waals surface area contributed by atoms with Gasteiger partial charge in [0, 0.05) is 49.4 Å². The fraction of sp³-hybridized carbons (Fsp3) is 0.407. The highest BCUT2D eigenvalue weighted by molar-refractivity contribution is 5.93. The number of nitrogens with zero attached hydrogens (tertiary/aromatic N) is 2. The van der Waals surface area contributed by atoms with E-state index in [1.54, 1.807) is 6.07 Å². The first kappa shape index (κ1) is 25.6. The van der Waals surface area contributed by atoms with Crippen molar-refractivity contribution in [3.8, 4) is 5.75 Å². The summed E-state index contributed by atoms with van der Waals surface area (Å²) in [4.78, 5) is 19.3. The maximum Gasteiger partial charge on any atom is 0.573 e. The van der Waals surface area contributed by atoms with Gasteiger partial charge in [0.15, 0.2) is 0 Å². The first-order chi connectivity index (χ1) is 17.2. The molecule has 1 aliphatic rings. The zero-order chi connectivity index (χ0) is 25.7. The van der Waals surface area contributed by atoms with Crippen LogP contribution in [-0.2, 0) is 11.2 Å². The molecule has 192 valence electrons. The van der Waals surface area contributed by atoms with Crippen LogP contribution in [0.2, 0.25) is 0 Å². The Kier molecular flexibility index (Phi) is 7.86. The average molecular weight is 501 g/mol. The molecular weight excluding hydrogens is 469 g/mol. The molecule has 4 rings (SSSR count). The van der Waals surface area contributed by atoms with E-state index in [9.17, 15) is 18.0 Å². The van der Waals surface area contributed by atoms with Crippen LogP contribution >= 0.6 is 0 Å². The smallest absolute Gasteiger partial charge is 0.405 e. The fourth-order valence-corrected chi connectivity index (χ4v) is 4.69. The molecule has 0 bridgehead atoms. The standard InChI is InChI=1S/C27H31F3N4O2/c1-34(2)23-16-25(33-22-9-5-4-8-21(22)23)32-20-13-11-18(12-14-20)17-31-26(35)15-19-7-3-6-10-24(19)36-27(28,29)30/h3-10,16,18,20H,11-15,17H2,1-2H3,(H,31,35)(H,32,33)/t18-,20+. The van der Waals surface area contributed by atoms with E-state index in [1.165, 1.54) is 18.2 Å². The SMILES string of the molecule is CN(C)c1cc(N[C@H]2CC[C@@H](CNC(=O)Cc3ccccc3OC(F)(F)F)CC2)nc2ccccc12. The summed E-state index contributed by atoms with van der Waals surface area (Å²) in [6.45, 7) is 0.507. The van der Waals surface area contributed by atoms with Gasteiger partial charge in [-0.05, 0) is 43.7 Å². The van der Waals surface area contributed by atoms with E-state index < -0.39 is 6.36 Å². The van der Waals surface area contributed by atoms with Gasteiger partial charge in [-0.1, -0.05) is 36.4 Å². The third kappa shape index (κ3) is 6.80. The van der Waals surface area contributed by atoms with Gasteiger partial charge in [0.05, 0.1) is 11.9 Å². The van der Waals surface area contributed by atoms with E-state index in [-0.39, 0.29) is 23.6 Å². The topological polar surface area (TPSA) is 66.5 Å². The summed E-state index contributed by atoms with van der Waals surface area (Å²) >= 11 is 0. The van der Waals surface area contributed by atoms with Crippen molar-refractivity contribution in [3.05, 3.63) is 60.2 Å². The minimum atomic E-state index is -4.80. The quantitative estimate of drug-likeness (QED) is 0.426. The van der Waals surface area contributed by atoms with E-state index >= 15 is 0 Å². The Labute approximate surface area is 208 Å². The van der Waals surface area contributed by atoms with Crippen molar-refractivity contribution in [2.45, 2.75) is 44.5 Å². The summed E-state index contributed by atoms with van der Waals surface area (Å²) in [6, 6.07) is 16.2. The maximum absolute atomic E-state index is 12.6. The summed E-state index contributed by atoms with van der Waals surface area (Å²) in [7, 11) is 4.04. The number of halogens is 3. The first-order valence-corrected chi connectivity index (χ1v) is 12.1. The van der Waals surface area contributed by atoms with Crippen LogP contribution in [0, 0.1) is 5.92 Å². The van der Waals surface area contributed by atoms with Crippen LogP contribution in [0.25, 0.3) is 10.9 Å². The maximum atomic E-state index is 12.6. The summed E-state index contributed by atoms with van der Waals surface area (Å²) in [5, 5.41) is 7.57. The third-order valence-corrected chi connectivity index (χ3v) is 6.51. The van der Waals surface area contributed by atoms with Crippen LogP contribution in [0.3, 0.4) is 0 Å². The number of anilines is 2. The number of carbonyl (C=O) groups excluding carboxylic acids is 1. The van der Waals surface area contributed by atoms with Gasteiger partial charge in [-0.2, -0.15) is 0 Å². The van der Waals surface area contributed by atoms with Gasteiger partial charge in [0.1, 0.15) is 11.6 Å². The minimum absolute atomic E-state index is 0.162. The zero-order valence-electron chi connectivity index (χ0n) is 20.4. The van der Waals surface area contributed by atoms with Crippen molar-refractivity contribution >= 4 is 28.3 Å². The predicted molar refractivity (Wildman–Crippen MR) is 135 cm³/mol. The van der Waals surface area contributed by atoms with E-state index in [0.29, 0.717) is 18.5 Å². The van der Waals surface area contributed by atoms with Crippen LogP contribution in [0.15, 0.2) is 54.6 Å². The monoisotopic (exact) mass is 500 g/mol. The van der Waals surface area contributed by atoms with Crippen molar-refractivity contribution in [2.24, 2.45) is 5.92 Å². The molecule has 9 heteroatoms. The normalized spacial score (nSPS) is 18.0. The lowest BCUT2D eigenvalue weighted by Crippen LogP contribution is -2.34. The molecule has 1 heterocycles. The summed E-state index contributed by atoms with van der Waals surface area (Å²) < 4.78 is 41.9. The molecule has 1 fully saturated rings. The van der Waals surface area contributed by atoms with Gasteiger partial charge >= 0.3 is 6.36 Å². The van der Waals surface area contributed by atoms with E-state index in [2.05, 4.69) is 32.4 Å². The highest BCUT2D eigenvalue weighted by atomic mass is 19.4. The second-order valence-electron chi connectivity index (χ2n) is 9.44. The van der Waals surface area contributed by atoms with Gasteiger partial charge in [-0.15, -0.1) is 13.2 Å². The fourth-order valence-electron chi connectivity index (χ4n) is 4.69. The first-order valence-electron chi connectivity index (χ1n) is 12.1. The molecule has 2 aromatic carbocycles. The number of hydrogen-bond acceptors (Lipinski definition) is 5. The number of para-hydroxylation sites is 2. The number of benzene rings is 2. The third-order valence-electron chi connectivity index (χ3n) is 6.51. The summed E-state index contributed by atoms with van der Waals surface area (Å²) in [5.41, 5.74) is 2.27. The molecule has 0 unspecified atom stereocenters. The Morgan fingerprint density at radius 3 is 2.47 bits per heavy atom. The second kappa shape index (κ2) is 11.1. The van der Waals surface area contributed by atoms with Crippen molar-refractivity contribution in [2.75, 3.05) is 30.9 Å². The molecule has 6 nitrogen and oxygen atoms in total. The average Bonchev–Trinajstić information content (AvgIpc) is 2.83. The van der Waals surface area contributed by atoms with Crippen molar-refractivity contribution in [1.29, 1.82) is 0 Å². The lowest BCUT2D eigenvalue weighted by atomic mass is 9.86. The molecule has 2 N–H and O–H groups in total. The highest BCUT2D eigenvalue weighted by Crippen LogP contribution is 2.31. The molecule has 0 atom stereocenters. The van der Waals surface area contributed by atoms with Crippen molar-refractivity contribution in [1.82, 2.24) is 10.3 Å². The Morgan fingerprint density at radius 2 is 1.75 bits per heavy atom. The van der Waals surface area contributed by atoms with E-state index in [4.69, 9.17) is 4.98 Å². The van der Waals surface area contributed by atoms with E-state index in [0.717, 1.165) is 48.1 Å². The number of ether oxygens (including phenoxy) is 1. The Bertz CT molecular complexity index is 1190. The number of amides is 1. The van der Waals surface area contributed by atoms with Gasteiger partial charge in [-0.3, -0.25) is 4.79 Å². The van der Waals surface area contributed by atoms with Crippen LogP contribution in [-0.4, -0.2) is 43.9 Å². The van der Waals surface area contributed by atoms with Crippen LogP contribution < -0.4 is 20.3 Å². The molecule has 0 saturated heterocycles. The van der Waals surface area contributed by atoms with Crippen LogP contribution in [0.1, 0.15) is 31.2 Å². The molecule has 0 aliphatic heterocycles. The summed E-state index contributed by atoms with van der Waals surface area (Å²) in [6.07, 6.45) is -1.16. The predicted octanol–water partition coefficient (Wildman–Crippen LogP) is 5.53. The van der Waals surface area contributed by atoms with Crippen LogP contribution in [0.4, 0.5) is 24.7 Å². The van der Waals surface area contributed by atoms with Gasteiger partial charge in [0.2, 0.25) is 5.91 Å². The Balaban J connectivity index is 1.27. The number of rotatable bonds is 8. The van der Waals surface area contributed by atoms with Crippen LogP contribution in [0.5, 0.6) is 5.75 Å². The molecule has 3 aromatic rings. The molecule has 36 heavy (non-hydrogen) atoms. The lowest BCUT2D eigenvalue weighted by Gasteiger charge is -2.30. The molecule has 1 aromatic heterocycles. The number of carbonyl (C=O) groups is 1. The Morgan fingerprint density at radius 1 is 1.06 bits per heavy atom. The lowest BCUT2D eigenvalue weighted by molar-refractivity contribution is -0.274. The molecule has 1 saturated carbocycles. The van der Waals surface area contributed by atoms with E-state index in [1.807, 2.05) is 32.3 Å². The summed E-state index contributed by atoms with van der Waals surface area (Å²) in [5.74, 6) is 0.529. The van der Waals surface area contributed by atoms with Gasteiger partial charge < -0.3 is 20.3 Å². The molecule has 1 aliphatic carbocycles. The van der Waals surface area contributed by atoms with Gasteiger partial charge in [-0.25, -0.2) is 4.98 Å².